The van der Waals surface area contributed by atoms with E-state index in [0.29, 0.717) is 6.04 Å². The summed E-state index contributed by atoms with van der Waals surface area (Å²) < 4.78 is 1.09. The van der Waals surface area contributed by atoms with Gasteiger partial charge in [-0.15, -0.1) is 0 Å². The van der Waals surface area contributed by atoms with Crippen molar-refractivity contribution in [3.05, 3.63) is 16.0 Å². The molecule has 1 aliphatic heterocycles. The highest BCUT2D eigenvalue weighted by Crippen LogP contribution is 2.15. The van der Waals surface area contributed by atoms with Gasteiger partial charge in [-0.2, -0.15) is 0 Å². The van der Waals surface area contributed by atoms with E-state index in [2.05, 4.69) is 56.3 Å². The zero-order valence-corrected chi connectivity index (χ0v) is 11.9. The van der Waals surface area contributed by atoms with Gasteiger partial charge in [0.1, 0.15) is 0 Å². The zero-order valence-electron chi connectivity index (χ0n) is 9.73. The maximum absolute atomic E-state index is 4.38. The van der Waals surface area contributed by atoms with E-state index in [1.54, 1.807) is 0 Å². The lowest BCUT2D eigenvalue weighted by molar-refractivity contribution is 0.212. The van der Waals surface area contributed by atoms with Gasteiger partial charge in [0.25, 0.3) is 0 Å². The average Bonchev–Trinajstić information content (AvgIpc) is 2.31. The minimum Gasteiger partial charge on any atom is -0.338 e. The summed E-state index contributed by atoms with van der Waals surface area (Å²) in [6.45, 7) is 5.38. The van der Waals surface area contributed by atoms with Gasteiger partial charge in [0, 0.05) is 41.6 Å². The van der Waals surface area contributed by atoms with Crippen LogP contribution >= 0.6 is 22.6 Å². The fourth-order valence-electron chi connectivity index (χ4n) is 2.04. The lowest BCUT2D eigenvalue weighted by atomic mass is 10.1. The van der Waals surface area contributed by atoms with Gasteiger partial charge in [-0.3, -0.25) is 4.90 Å². The number of nitrogens with zero attached hydrogens (tertiary/aromatic N) is 4. The summed E-state index contributed by atoms with van der Waals surface area (Å²) in [5.41, 5.74) is 0. The van der Waals surface area contributed by atoms with E-state index in [4.69, 9.17) is 0 Å². The first-order valence-corrected chi connectivity index (χ1v) is 6.71. The first kappa shape index (κ1) is 12.0. The van der Waals surface area contributed by atoms with Gasteiger partial charge in [0.15, 0.2) is 0 Å². The molecule has 1 aromatic rings. The molecule has 16 heavy (non-hydrogen) atoms. The minimum absolute atomic E-state index is 0.622. The van der Waals surface area contributed by atoms with Crippen LogP contribution in [0.1, 0.15) is 13.3 Å². The van der Waals surface area contributed by atoms with E-state index in [0.717, 1.165) is 29.2 Å². The fourth-order valence-corrected chi connectivity index (χ4v) is 2.32. The third-order valence-electron chi connectivity index (χ3n) is 3.14. The molecular formula is C11H17IN4. The van der Waals surface area contributed by atoms with Crippen LogP contribution < -0.4 is 4.90 Å². The van der Waals surface area contributed by atoms with Crippen molar-refractivity contribution in [1.29, 1.82) is 0 Å². The predicted molar refractivity (Wildman–Crippen MR) is 73.7 cm³/mol. The molecule has 1 fully saturated rings. The highest BCUT2D eigenvalue weighted by Gasteiger charge is 2.24. The van der Waals surface area contributed by atoms with E-state index in [1.165, 1.54) is 6.42 Å². The Morgan fingerprint density at radius 3 is 2.69 bits per heavy atom. The second-order valence-electron chi connectivity index (χ2n) is 4.19. The Morgan fingerprint density at radius 2 is 2.06 bits per heavy atom. The van der Waals surface area contributed by atoms with Crippen LogP contribution in [-0.2, 0) is 0 Å². The first-order valence-electron chi connectivity index (χ1n) is 5.63. The molecule has 5 heteroatoms. The Labute approximate surface area is 110 Å². The van der Waals surface area contributed by atoms with E-state index < -0.39 is 0 Å². The van der Waals surface area contributed by atoms with Crippen molar-refractivity contribution < 1.29 is 0 Å². The maximum atomic E-state index is 4.38. The van der Waals surface area contributed by atoms with Crippen LogP contribution in [0.15, 0.2) is 12.4 Å². The molecule has 0 aliphatic carbocycles. The molecule has 2 heterocycles. The third kappa shape index (κ3) is 2.63. The lowest BCUT2D eigenvalue weighted by Crippen LogP contribution is -2.51. The molecule has 0 aromatic carbocycles. The second kappa shape index (κ2) is 5.27. The van der Waals surface area contributed by atoms with E-state index >= 15 is 0 Å². The van der Waals surface area contributed by atoms with Crippen molar-refractivity contribution in [1.82, 2.24) is 14.9 Å². The van der Waals surface area contributed by atoms with Crippen molar-refractivity contribution in [2.24, 2.45) is 0 Å². The Balaban J connectivity index is 2.08. The number of hydrogen-bond donors (Lipinski definition) is 0. The van der Waals surface area contributed by atoms with Crippen molar-refractivity contribution >= 4 is 28.5 Å². The number of hydrogen-bond acceptors (Lipinski definition) is 4. The van der Waals surface area contributed by atoms with Gasteiger partial charge in [0.05, 0.1) is 0 Å². The smallest absolute Gasteiger partial charge is 0.225 e. The van der Waals surface area contributed by atoms with E-state index in [9.17, 15) is 0 Å². The highest BCUT2D eigenvalue weighted by atomic mass is 127. The molecule has 88 valence electrons. The number of piperazine rings is 1. The summed E-state index contributed by atoms with van der Waals surface area (Å²) >= 11 is 2.23. The van der Waals surface area contributed by atoms with Crippen LogP contribution in [0.4, 0.5) is 5.95 Å². The molecule has 0 bridgehead atoms. The number of halogens is 1. The van der Waals surface area contributed by atoms with Crippen LogP contribution in [-0.4, -0.2) is 47.6 Å². The Morgan fingerprint density at radius 1 is 1.38 bits per heavy atom. The zero-order chi connectivity index (χ0) is 11.5. The van der Waals surface area contributed by atoms with Gasteiger partial charge in [-0.05, 0) is 36.1 Å². The number of likely N-dealkylation sites (N-methyl/N-ethyl adjacent to an activating group) is 1. The molecule has 1 unspecified atom stereocenters. The molecule has 0 N–H and O–H groups in total. The van der Waals surface area contributed by atoms with Crippen molar-refractivity contribution in [3.63, 3.8) is 0 Å². The molecule has 0 radical (unpaired) electrons. The van der Waals surface area contributed by atoms with Gasteiger partial charge in [-0.25, -0.2) is 9.97 Å². The number of rotatable bonds is 2. The van der Waals surface area contributed by atoms with Crippen LogP contribution in [0, 0.1) is 3.57 Å². The molecule has 4 nitrogen and oxygen atoms in total. The Kier molecular flexibility index (Phi) is 3.96. The van der Waals surface area contributed by atoms with Crippen LogP contribution in [0.25, 0.3) is 0 Å². The Bertz CT molecular complexity index is 340. The van der Waals surface area contributed by atoms with Crippen LogP contribution in [0.3, 0.4) is 0 Å². The van der Waals surface area contributed by atoms with Crippen LogP contribution in [0.5, 0.6) is 0 Å². The lowest BCUT2D eigenvalue weighted by Gasteiger charge is -2.39. The molecule has 1 atom stereocenters. The summed E-state index contributed by atoms with van der Waals surface area (Å²) in [6, 6.07) is 0.622. The monoisotopic (exact) mass is 332 g/mol. The molecule has 1 aromatic heterocycles. The molecule has 0 amide bonds. The van der Waals surface area contributed by atoms with E-state index in [1.807, 2.05) is 12.4 Å². The number of aromatic nitrogens is 2. The molecule has 1 aliphatic rings. The summed E-state index contributed by atoms with van der Waals surface area (Å²) in [4.78, 5) is 13.5. The molecule has 0 spiro atoms. The molecule has 0 saturated carbocycles. The second-order valence-corrected chi connectivity index (χ2v) is 5.44. The normalized spacial score (nSPS) is 22.4. The Hall–Kier alpha value is -0.430. The topological polar surface area (TPSA) is 32.3 Å². The van der Waals surface area contributed by atoms with Gasteiger partial charge in [-0.1, -0.05) is 6.92 Å². The van der Waals surface area contributed by atoms with Gasteiger partial charge < -0.3 is 4.90 Å². The predicted octanol–water partition coefficient (Wildman–Crippen LogP) is 1.61. The molecular weight excluding hydrogens is 315 g/mol. The fraction of sp³-hybridized carbons (Fsp3) is 0.636. The summed E-state index contributed by atoms with van der Waals surface area (Å²) in [5.74, 6) is 0.868. The highest BCUT2D eigenvalue weighted by molar-refractivity contribution is 14.1. The first-order chi connectivity index (χ1) is 7.70. The van der Waals surface area contributed by atoms with Crippen molar-refractivity contribution in [3.8, 4) is 0 Å². The number of anilines is 1. The molecule has 2 rings (SSSR count). The summed E-state index contributed by atoms with van der Waals surface area (Å²) in [6.07, 6.45) is 4.93. The van der Waals surface area contributed by atoms with Crippen molar-refractivity contribution in [2.45, 2.75) is 19.4 Å². The minimum atomic E-state index is 0.622. The summed E-state index contributed by atoms with van der Waals surface area (Å²) in [7, 11) is 2.19. The van der Waals surface area contributed by atoms with Gasteiger partial charge in [0.2, 0.25) is 5.95 Å². The third-order valence-corrected chi connectivity index (χ3v) is 3.69. The average molecular weight is 332 g/mol. The molecule has 1 saturated heterocycles. The quantitative estimate of drug-likeness (QED) is 0.771. The van der Waals surface area contributed by atoms with Crippen molar-refractivity contribution in [2.75, 3.05) is 31.6 Å². The standard InChI is InChI=1S/C11H17IN4/c1-3-10-8-16(5-4-15(10)2)11-13-6-9(12)7-14-11/h6-7,10H,3-5,8H2,1-2H3. The summed E-state index contributed by atoms with van der Waals surface area (Å²) in [5, 5.41) is 0. The maximum Gasteiger partial charge on any atom is 0.225 e. The van der Waals surface area contributed by atoms with Crippen LogP contribution in [0.2, 0.25) is 0 Å². The van der Waals surface area contributed by atoms with E-state index in [-0.39, 0.29) is 0 Å². The largest absolute Gasteiger partial charge is 0.338 e. The van der Waals surface area contributed by atoms with Gasteiger partial charge >= 0.3 is 0 Å². The SMILES string of the molecule is CCC1CN(c2ncc(I)cn2)CCN1C.